The van der Waals surface area contributed by atoms with Gasteiger partial charge in [-0.3, -0.25) is 9.78 Å². The molecule has 4 rings (SSSR count). The van der Waals surface area contributed by atoms with E-state index in [9.17, 15) is 13.2 Å². The number of sulfonamides is 1. The Hall–Kier alpha value is -2.97. The minimum Gasteiger partial charge on any atom is -0.494 e. The first-order valence-electron chi connectivity index (χ1n) is 11.3. The number of fused-ring (bicyclic) bond motifs is 1. The number of aromatic nitrogens is 1. The smallest absolute Gasteiger partial charge is 0.264 e. The highest BCUT2D eigenvalue weighted by Gasteiger charge is 2.54. The molecular formula is C26H30N2O5S. The Morgan fingerprint density at radius 3 is 2.53 bits per heavy atom. The molecule has 0 bridgehead atoms. The summed E-state index contributed by atoms with van der Waals surface area (Å²) in [5.41, 5.74) is 1.35. The minimum atomic E-state index is -4.12. The second-order valence-electron chi connectivity index (χ2n) is 9.15. The van der Waals surface area contributed by atoms with Crippen molar-refractivity contribution in [1.82, 2.24) is 9.71 Å². The molecule has 2 aromatic carbocycles. The van der Waals surface area contributed by atoms with Crippen molar-refractivity contribution in [3.8, 4) is 5.75 Å². The van der Waals surface area contributed by atoms with Gasteiger partial charge in [0.1, 0.15) is 5.75 Å². The molecule has 1 aromatic heterocycles. The number of rotatable bonds is 8. The van der Waals surface area contributed by atoms with Crippen LogP contribution in [-0.4, -0.2) is 33.0 Å². The van der Waals surface area contributed by atoms with Crippen LogP contribution in [0.15, 0.2) is 53.4 Å². The van der Waals surface area contributed by atoms with Crippen molar-refractivity contribution in [2.24, 2.45) is 0 Å². The summed E-state index contributed by atoms with van der Waals surface area (Å²) in [6, 6.07) is 14.0. The molecule has 3 aromatic rings. The number of nitrogens with one attached hydrogen (secondary N) is 1. The number of ether oxygens (including phenoxy) is 2. The summed E-state index contributed by atoms with van der Waals surface area (Å²) in [6.45, 7) is 8.02. The Balaban J connectivity index is 1.72. The number of methoxy groups -OCH3 is 1. The van der Waals surface area contributed by atoms with Crippen LogP contribution >= 0.6 is 0 Å². The lowest BCUT2D eigenvalue weighted by molar-refractivity contribution is -0.121. The Labute approximate surface area is 200 Å². The fourth-order valence-corrected chi connectivity index (χ4v) is 5.43. The molecule has 1 amide bonds. The van der Waals surface area contributed by atoms with Crippen molar-refractivity contribution in [3.63, 3.8) is 0 Å². The third kappa shape index (κ3) is 4.28. The highest BCUT2D eigenvalue weighted by Crippen LogP contribution is 2.52. The van der Waals surface area contributed by atoms with E-state index in [0.717, 1.165) is 11.3 Å². The van der Waals surface area contributed by atoms with Crippen LogP contribution in [0.1, 0.15) is 50.4 Å². The van der Waals surface area contributed by atoms with Gasteiger partial charge in [-0.2, -0.15) is 0 Å². The molecular weight excluding hydrogens is 452 g/mol. The van der Waals surface area contributed by atoms with E-state index in [-0.39, 0.29) is 4.90 Å². The Morgan fingerprint density at radius 2 is 1.88 bits per heavy atom. The zero-order valence-electron chi connectivity index (χ0n) is 20.1. The van der Waals surface area contributed by atoms with Gasteiger partial charge in [-0.25, -0.2) is 13.1 Å². The van der Waals surface area contributed by atoms with Crippen molar-refractivity contribution in [1.29, 1.82) is 0 Å². The fourth-order valence-electron chi connectivity index (χ4n) is 4.16. The van der Waals surface area contributed by atoms with Crippen LogP contribution in [-0.2, 0) is 30.6 Å². The van der Waals surface area contributed by atoms with E-state index in [4.69, 9.17) is 9.47 Å². The lowest BCUT2D eigenvalue weighted by Gasteiger charge is -2.27. The van der Waals surface area contributed by atoms with Crippen molar-refractivity contribution in [2.75, 3.05) is 13.7 Å². The third-order valence-corrected chi connectivity index (χ3v) is 7.92. The van der Waals surface area contributed by atoms with Crippen LogP contribution in [0.2, 0.25) is 0 Å². The molecule has 0 aliphatic heterocycles. The number of benzene rings is 2. The highest BCUT2D eigenvalue weighted by atomic mass is 32.2. The van der Waals surface area contributed by atoms with Crippen molar-refractivity contribution < 1.29 is 22.7 Å². The monoisotopic (exact) mass is 482 g/mol. The van der Waals surface area contributed by atoms with Gasteiger partial charge in [0, 0.05) is 23.8 Å². The molecule has 1 N–H and O–H groups in total. The fraction of sp³-hybridized carbons (Fsp3) is 0.385. The van der Waals surface area contributed by atoms with Crippen LogP contribution < -0.4 is 9.46 Å². The maximum absolute atomic E-state index is 13.5. The molecule has 0 spiro atoms. The average Bonchev–Trinajstić information content (AvgIpc) is 3.60. The summed E-state index contributed by atoms with van der Waals surface area (Å²) in [7, 11) is -2.50. The number of hydrogen-bond acceptors (Lipinski definition) is 6. The lowest BCUT2D eigenvalue weighted by atomic mass is 9.88. The molecule has 1 aliphatic carbocycles. The molecule has 0 radical (unpaired) electrons. The molecule has 7 nitrogen and oxygen atoms in total. The predicted octanol–water partition coefficient (Wildman–Crippen LogP) is 4.36. The summed E-state index contributed by atoms with van der Waals surface area (Å²) in [5, 5.41) is 0.470. The normalized spacial score (nSPS) is 15.2. The van der Waals surface area contributed by atoms with Gasteiger partial charge < -0.3 is 9.47 Å². The third-order valence-electron chi connectivity index (χ3n) is 6.53. The maximum atomic E-state index is 13.5. The molecule has 180 valence electrons. The molecule has 1 heterocycles. The predicted molar refractivity (Wildman–Crippen MR) is 130 cm³/mol. The second kappa shape index (κ2) is 8.67. The second-order valence-corrected chi connectivity index (χ2v) is 10.8. The lowest BCUT2D eigenvalue weighted by Crippen LogP contribution is -2.39. The topological polar surface area (TPSA) is 94.6 Å². The van der Waals surface area contributed by atoms with Crippen LogP contribution in [0.4, 0.5) is 0 Å². The van der Waals surface area contributed by atoms with E-state index in [2.05, 4.69) is 9.71 Å². The van der Waals surface area contributed by atoms with Crippen LogP contribution in [0.25, 0.3) is 10.9 Å². The van der Waals surface area contributed by atoms with Gasteiger partial charge in [0.25, 0.3) is 10.0 Å². The van der Waals surface area contributed by atoms with Gasteiger partial charge >= 0.3 is 0 Å². The van der Waals surface area contributed by atoms with E-state index >= 15 is 0 Å². The zero-order chi connectivity index (χ0) is 24.7. The Bertz CT molecular complexity index is 1360. The van der Waals surface area contributed by atoms with Crippen molar-refractivity contribution in [2.45, 2.75) is 56.4 Å². The van der Waals surface area contributed by atoms with Crippen molar-refractivity contribution in [3.05, 3.63) is 65.4 Å². The van der Waals surface area contributed by atoms with Crippen molar-refractivity contribution >= 4 is 26.8 Å². The summed E-state index contributed by atoms with van der Waals surface area (Å²) < 4.78 is 40.4. The van der Waals surface area contributed by atoms with Crippen LogP contribution in [0.5, 0.6) is 5.75 Å². The van der Waals surface area contributed by atoms with Gasteiger partial charge in [-0.15, -0.1) is 0 Å². The average molecular weight is 483 g/mol. The number of nitrogens with zero attached hydrogens (tertiary/aromatic N) is 1. The first-order valence-corrected chi connectivity index (χ1v) is 12.8. The quantitative estimate of drug-likeness (QED) is 0.513. The van der Waals surface area contributed by atoms with Gasteiger partial charge in [-0.1, -0.05) is 12.1 Å². The Kier molecular flexibility index (Phi) is 6.16. The number of carbonyl (C=O) groups is 1. The van der Waals surface area contributed by atoms with Gasteiger partial charge in [-0.05, 0) is 82.5 Å². The summed E-state index contributed by atoms with van der Waals surface area (Å²) in [4.78, 5) is 17.9. The first-order chi connectivity index (χ1) is 16.0. The molecule has 34 heavy (non-hydrogen) atoms. The summed E-state index contributed by atoms with van der Waals surface area (Å²) >= 11 is 0. The van der Waals surface area contributed by atoms with Gasteiger partial charge in [0.15, 0.2) is 0 Å². The largest absolute Gasteiger partial charge is 0.494 e. The van der Waals surface area contributed by atoms with Crippen LogP contribution in [0, 0.1) is 6.92 Å². The standard InChI is InChI=1S/C26H30N2O5S/c1-6-33-22-13-11-18(25(3,4)32-5)16-20(22)26(14-15-26)24(29)28-34(30,31)23-9-7-8-21-19(23)12-10-17(2)27-21/h7-13,16H,6,14-15H2,1-5H3,(H,28,29). The molecule has 8 heteroatoms. The number of carbonyl (C=O) groups excluding carboxylic acids is 1. The molecule has 0 atom stereocenters. The zero-order valence-corrected chi connectivity index (χ0v) is 21.0. The van der Waals surface area contributed by atoms with Gasteiger partial charge in [0.05, 0.1) is 28.0 Å². The molecule has 1 saturated carbocycles. The van der Waals surface area contributed by atoms with E-state index < -0.39 is 26.9 Å². The summed E-state index contributed by atoms with van der Waals surface area (Å²) in [5.74, 6) is 0.0194. The molecule has 1 fully saturated rings. The number of pyridine rings is 1. The molecule has 0 unspecified atom stereocenters. The van der Waals surface area contributed by atoms with E-state index in [1.807, 2.05) is 45.9 Å². The van der Waals surface area contributed by atoms with E-state index in [1.54, 1.807) is 31.4 Å². The van der Waals surface area contributed by atoms with Crippen LogP contribution in [0.3, 0.4) is 0 Å². The minimum absolute atomic E-state index is 0.0287. The molecule has 0 saturated heterocycles. The van der Waals surface area contributed by atoms with E-state index in [1.165, 1.54) is 6.07 Å². The number of amides is 1. The number of aryl methyl sites for hydroxylation is 1. The SMILES string of the molecule is CCOc1ccc(C(C)(C)OC)cc1C1(C(=O)NS(=O)(=O)c2cccc3nc(C)ccc23)CC1. The Morgan fingerprint density at radius 1 is 1.15 bits per heavy atom. The molecule has 1 aliphatic rings. The number of hydrogen-bond donors (Lipinski definition) is 1. The maximum Gasteiger partial charge on any atom is 0.264 e. The van der Waals surface area contributed by atoms with Gasteiger partial charge in [0.2, 0.25) is 5.91 Å². The summed E-state index contributed by atoms with van der Waals surface area (Å²) in [6.07, 6.45) is 1.06. The van der Waals surface area contributed by atoms with E-state index in [0.29, 0.717) is 41.7 Å². The highest BCUT2D eigenvalue weighted by molar-refractivity contribution is 7.90. The first kappa shape index (κ1) is 24.2.